The van der Waals surface area contributed by atoms with Crippen LogP contribution in [0.2, 0.25) is 0 Å². The number of carbonyl (C=O) groups is 1. The van der Waals surface area contributed by atoms with Crippen molar-refractivity contribution in [2.45, 2.75) is 104 Å². The van der Waals surface area contributed by atoms with E-state index in [0.717, 1.165) is 38.4 Å². The summed E-state index contributed by atoms with van der Waals surface area (Å²) in [6, 6.07) is 0. The quantitative estimate of drug-likeness (QED) is 0.617. The molecule has 0 aliphatic heterocycles. The average Bonchev–Trinajstić information content (AvgIpc) is 3.05. The molecule has 4 fully saturated rings. The molecule has 0 heterocycles. The van der Waals surface area contributed by atoms with Gasteiger partial charge in [-0.25, -0.2) is 0 Å². The second-order valence-corrected chi connectivity index (χ2v) is 11.8. The highest BCUT2D eigenvalue weighted by Gasteiger charge is 2.64. The Bertz CT molecular complexity index is 605. The molecular formula is C26H44O3. The van der Waals surface area contributed by atoms with Crippen LogP contribution in [0.1, 0.15) is 91.9 Å². The molecule has 0 amide bonds. The van der Waals surface area contributed by atoms with Gasteiger partial charge in [0.25, 0.3) is 0 Å². The van der Waals surface area contributed by atoms with Crippen LogP contribution in [0.15, 0.2) is 0 Å². The monoisotopic (exact) mass is 404 g/mol. The van der Waals surface area contributed by atoms with Crippen molar-refractivity contribution in [2.24, 2.45) is 52.3 Å². The summed E-state index contributed by atoms with van der Waals surface area (Å²) in [5.41, 5.74) is 0.604. The summed E-state index contributed by atoms with van der Waals surface area (Å²) in [6.45, 7) is 9.64. The largest absolute Gasteiger partial charge is 0.393 e. The highest BCUT2D eigenvalue weighted by Crippen LogP contribution is 2.69. The molecule has 4 aliphatic rings. The smallest absolute Gasteiger partial charge is 0.120 e. The van der Waals surface area contributed by atoms with Gasteiger partial charge in [-0.05, 0) is 104 Å². The van der Waals surface area contributed by atoms with Gasteiger partial charge < -0.3 is 15.0 Å². The molecular weight excluding hydrogens is 360 g/mol. The van der Waals surface area contributed by atoms with Crippen LogP contribution in [0.3, 0.4) is 0 Å². The molecule has 29 heavy (non-hydrogen) atoms. The Morgan fingerprint density at radius 3 is 2.38 bits per heavy atom. The number of hydrogen-bond donors (Lipinski definition) is 2. The van der Waals surface area contributed by atoms with E-state index in [1.807, 2.05) is 0 Å². The van der Waals surface area contributed by atoms with Gasteiger partial charge >= 0.3 is 0 Å². The first-order chi connectivity index (χ1) is 13.8. The van der Waals surface area contributed by atoms with E-state index in [-0.39, 0.29) is 17.6 Å². The molecule has 0 aromatic rings. The Hall–Kier alpha value is -0.410. The van der Waals surface area contributed by atoms with E-state index in [0.29, 0.717) is 53.3 Å². The van der Waals surface area contributed by atoms with Gasteiger partial charge in [-0.2, -0.15) is 0 Å². The second-order valence-electron chi connectivity index (χ2n) is 11.8. The lowest BCUT2D eigenvalue weighted by Gasteiger charge is -2.64. The molecule has 2 N–H and O–H groups in total. The van der Waals surface area contributed by atoms with Crippen LogP contribution < -0.4 is 0 Å². The Balaban J connectivity index is 1.64. The molecule has 0 aromatic carbocycles. The summed E-state index contributed by atoms with van der Waals surface area (Å²) in [6.07, 6.45) is 11.4. The molecule has 166 valence electrons. The van der Waals surface area contributed by atoms with E-state index >= 15 is 0 Å². The fraction of sp³-hybridized carbons (Fsp3) is 0.962. The number of rotatable bonds is 5. The van der Waals surface area contributed by atoms with Crippen LogP contribution in [-0.4, -0.2) is 28.7 Å². The van der Waals surface area contributed by atoms with Crippen molar-refractivity contribution in [3.05, 3.63) is 0 Å². The molecule has 0 saturated heterocycles. The molecule has 3 heteroatoms. The second kappa shape index (κ2) is 7.93. The van der Waals surface area contributed by atoms with E-state index < -0.39 is 0 Å². The molecule has 11 atom stereocenters. The zero-order chi connectivity index (χ0) is 21.0. The van der Waals surface area contributed by atoms with Crippen LogP contribution in [0.25, 0.3) is 0 Å². The maximum atomic E-state index is 11.7. The lowest BCUT2D eigenvalue weighted by Crippen LogP contribution is -2.62. The topological polar surface area (TPSA) is 57.5 Å². The van der Waals surface area contributed by atoms with Crippen LogP contribution in [-0.2, 0) is 4.79 Å². The van der Waals surface area contributed by atoms with Crippen LogP contribution in [0.4, 0.5) is 0 Å². The number of aldehydes is 1. The van der Waals surface area contributed by atoms with E-state index in [1.54, 1.807) is 0 Å². The predicted octanol–water partition coefficient (Wildman–Crippen LogP) is 5.23. The fourth-order valence-corrected chi connectivity index (χ4v) is 9.46. The van der Waals surface area contributed by atoms with E-state index in [9.17, 15) is 15.0 Å². The van der Waals surface area contributed by atoms with Gasteiger partial charge in [0.1, 0.15) is 6.29 Å². The molecule has 4 rings (SSSR count). The number of fused-ring (bicyclic) bond motifs is 5. The molecule has 0 aromatic heterocycles. The molecule has 0 bridgehead atoms. The first-order valence-corrected chi connectivity index (χ1v) is 12.6. The summed E-state index contributed by atoms with van der Waals surface area (Å²) in [4.78, 5) is 10.9. The van der Waals surface area contributed by atoms with Gasteiger partial charge in [-0.1, -0.05) is 34.1 Å². The van der Waals surface area contributed by atoms with E-state index in [1.165, 1.54) is 25.7 Å². The molecule has 0 unspecified atom stereocenters. The van der Waals surface area contributed by atoms with Crippen LogP contribution in [0.5, 0.6) is 0 Å². The Kier molecular flexibility index (Phi) is 5.97. The minimum atomic E-state index is -0.206. The number of carbonyl (C=O) groups excluding carboxylic acids is 1. The van der Waals surface area contributed by atoms with Crippen molar-refractivity contribution in [3.8, 4) is 0 Å². The van der Waals surface area contributed by atoms with Crippen LogP contribution in [0, 0.1) is 52.3 Å². The molecule has 4 saturated carbocycles. The predicted molar refractivity (Wildman–Crippen MR) is 116 cm³/mol. The highest BCUT2D eigenvalue weighted by atomic mass is 16.3. The molecule has 0 radical (unpaired) electrons. The summed E-state index contributed by atoms with van der Waals surface area (Å²) < 4.78 is 0. The van der Waals surface area contributed by atoms with Gasteiger partial charge in [0.2, 0.25) is 0 Å². The summed E-state index contributed by atoms with van der Waals surface area (Å²) in [5.74, 6) is 3.77. The number of aliphatic hydroxyl groups is 2. The van der Waals surface area contributed by atoms with Crippen molar-refractivity contribution in [1.29, 1.82) is 0 Å². The van der Waals surface area contributed by atoms with Crippen molar-refractivity contribution in [2.75, 3.05) is 0 Å². The molecule has 0 spiro atoms. The zero-order valence-electron chi connectivity index (χ0n) is 19.1. The van der Waals surface area contributed by atoms with Crippen molar-refractivity contribution < 1.29 is 15.0 Å². The Labute approximate surface area is 178 Å². The third-order valence-corrected chi connectivity index (χ3v) is 10.9. The van der Waals surface area contributed by atoms with Crippen molar-refractivity contribution in [1.82, 2.24) is 0 Å². The first kappa shape index (κ1) is 21.8. The minimum Gasteiger partial charge on any atom is -0.393 e. The number of hydrogen-bond acceptors (Lipinski definition) is 3. The normalized spacial score (nSPS) is 52.9. The average molecular weight is 405 g/mol. The minimum absolute atomic E-state index is 0.172. The van der Waals surface area contributed by atoms with E-state index in [2.05, 4.69) is 27.7 Å². The van der Waals surface area contributed by atoms with E-state index in [4.69, 9.17) is 0 Å². The van der Waals surface area contributed by atoms with Gasteiger partial charge in [-0.15, -0.1) is 0 Å². The summed E-state index contributed by atoms with van der Waals surface area (Å²) in [7, 11) is 0. The summed E-state index contributed by atoms with van der Waals surface area (Å²) >= 11 is 0. The third kappa shape index (κ3) is 3.25. The van der Waals surface area contributed by atoms with Gasteiger partial charge in [0.15, 0.2) is 0 Å². The van der Waals surface area contributed by atoms with Gasteiger partial charge in [0, 0.05) is 6.42 Å². The SMILES string of the molecule is CC[C@H]1[C@@H](O)[C@@H]2[C@H](CC[C@]3(C)[C@@H]([C@H](C)CCC=O)CC[C@@H]23)[C@@]2(C)CC[C@@H](O)C[C@@H]12. The zero-order valence-corrected chi connectivity index (χ0v) is 19.1. The Morgan fingerprint density at radius 2 is 1.69 bits per heavy atom. The summed E-state index contributed by atoms with van der Waals surface area (Å²) in [5, 5.41) is 22.1. The van der Waals surface area contributed by atoms with Gasteiger partial charge in [0.05, 0.1) is 12.2 Å². The maximum absolute atomic E-state index is 11.7. The Morgan fingerprint density at radius 1 is 1.00 bits per heavy atom. The first-order valence-electron chi connectivity index (χ1n) is 12.6. The third-order valence-electron chi connectivity index (χ3n) is 10.9. The standard InChI is InChI=1S/C26H44O3/c1-5-18-22-15-17(28)10-12-26(22,4)21-11-13-25(3)19(16(2)7-6-14-27)8-9-20(25)23(21)24(18)29/h14,16-24,28-29H,5-13,15H2,1-4H3/t16-,17-,18-,19-,20+,21+,22+,23+,24-,25-,26-/m1/s1. The van der Waals surface area contributed by atoms with Gasteiger partial charge in [-0.3, -0.25) is 0 Å². The maximum Gasteiger partial charge on any atom is 0.120 e. The lowest BCUT2D eigenvalue weighted by molar-refractivity contribution is -0.203. The van der Waals surface area contributed by atoms with Crippen LogP contribution >= 0.6 is 0 Å². The fourth-order valence-electron chi connectivity index (χ4n) is 9.46. The van der Waals surface area contributed by atoms with Crippen molar-refractivity contribution >= 4 is 6.29 Å². The number of aliphatic hydroxyl groups excluding tert-OH is 2. The van der Waals surface area contributed by atoms with Crippen molar-refractivity contribution in [3.63, 3.8) is 0 Å². The molecule has 3 nitrogen and oxygen atoms in total. The lowest BCUT2D eigenvalue weighted by atomic mass is 9.41. The highest BCUT2D eigenvalue weighted by molar-refractivity contribution is 5.49. The molecule has 4 aliphatic carbocycles.